The zero-order valence-corrected chi connectivity index (χ0v) is 12.7. The maximum absolute atomic E-state index is 11.2. The molecule has 3 nitrogen and oxygen atoms in total. The maximum Gasteiger partial charge on any atom is 0.344 e. The quantitative estimate of drug-likeness (QED) is 0.773. The molecule has 0 unspecified atom stereocenters. The van der Waals surface area contributed by atoms with Gasteiger partial charge in [-0.2, -0.15) is 0 Å². The van der Waals surface area contributed by atoms with Gasteiger partial charge < -0.3 is 9.47 Å². The normalized spacial score (nSPS) is 10.1. The molecule has 2 rings (SSSR count). The van der Waals surface area contributed by atoms with E-state index in [9.17, 15) is 4.79 Å². The standard InChI is InChI=1S/C16H15BrO3/c1-2-19-16(18)11-20-13-8-9-14(15(17)10-13)12-6-4-3-5-7-12/h3-10H,2,11H2,1H3. The summed E-state index contributed by atoms with van der Waals surface area (Å²) in [6.07, 6.45) is 0. The van der Waals surface area contributed by atoms with E-state index in [0.717, 1.165) is 15.6 Å². The highest BCUT2D eigenvalue weighted by Crippen LogP contribution is 2.31. The van der Waals surface area contributed by atoms with E-state index in [4.69, 9.17) is 9.47 Å². The number of hydrogen-bond donors (Lipinski definition) is 0. The molecule has 0 N–H and O–H groups in total. The molecule has 0 spiro atoms. The van der Waals surface area contributed by atoms with Crippen molar-refractivity contribution in [2.24, 2.45) is 0 Å². The van der Waals surface area contributed by atoms with E-state index >= 15 is 0 Å². The molecule has 20 heavy (non-hydrogen) atoms. The van der Waals surface area contributed by atoms with Crippen LogP contribution in [0.15, 0.2) is 53.0 Å². The Hall–Kier alpha value is -1.81. The Balaban J connectivity index is 2.08. The molecule has 0 saturated heterocycles. The van der Waals surface area contributed by atoms with Crippen molar-refractivity contribution in [2.75, 3.05) is 13.2 Å². The third-order valence-corrected chi connectivity index (χ3v) is 3.34. The number of carbonyl (C=O) groups is 1. The number of halogens is 1. The van der Waals surface area contributed by atoms with Crippen LogP contribution in [0.2, 0.25) is 0 Å². The molecule has 0 aliphatic rings. The minimum Gasteiger partial charge on any atom is -0.482 e. The monoisotopic (exact) mass is 334 g/mol. The van der Waals surface area contributed by atoms with Gasteiger partial charge >= 0.3 is 5.97 Å². The van der Waals surface area contributed by atoms with Gasteiger partial charge in [0.05, 0.1) is 6.61 Å². The molecule has 0 saturated carbocycles. The van der Waals surface area contributed by atoms with E-state index in [-0.39, 0.29) is 12.6 Å². The number of hydrogen-bond acceptors (Lipinski definition) is 3. The summed E-state index contributed by atoms with van der Waals surface area (Å²) >= 11 is 3.53. The highest BCUT2D eigenvalue weighted by atomic mass is 79.9. The minimum atomic E-state index is -0.365. The molecule has 0 atom stereocenters. The third kappa shape index (κ3) is 3.84. The smallest absolute Gasteiger partial charge is 0.344 e. The van der Waals surface area contributed by atoms with Gasteiger partial charge in [0.25, 0.3) is 0 Å². The molecule has 2 aromatic rings. The van der Waals surface area contributed by atoms with Gasteiger partial charge in [0.15, 0.2) is 6.61 Å². The first-order valence-electron chi connectivity index (χ1n) is 6.34. The van der Waals surface area contributed by atoms with E-state index in [0.29, 0.717) is 12.4 Å². The minimum absolute atomic E-state index is 0.0784. The number of esters is 1. The highest BCUT2D eigenvalue weighted by Gasteiger charge is 2.07. The van der Waals surface area contributed by atoms with Crippen LogP contribution in [0, 0.1) is 0 Å². The van der Waals surface area contributed by atoms with Gasteiger partial charge in [-0.1, -0.05) is 46.3 Å². The molecule has 0 bridgehead atoms. The summed E-state index contributed by atoms with van der Waals surface area (Å²) in [6, 6.07) is 15.7. The largest absolute Gasteiger partial charge is 0.482 e. The van der Waals surface area contributed by atoms with Gasteiger partial charge in [-0.15, -0.1) is 0 Å². The summed E-state index contributed by atoms with van der Waals surface area (Å²) in [5.74, 6) is 0.264. The van der Waals surface area contributed by atoms with Gasteiger partial charge in [-0.05, 0) is 36.2 Å². The SMILES string of the molecule is CCOC(=O)COc1ccc(-c2ccccc2)c(Br)c1. The molecule has 0 radical (unpaired) electrons. The summed E-state index contributed by atoms with van der Waals surface area (Å²) in [5.41, 5.74) is 2.20. The summed E-state index contributed by atoms with van der Waals surface area (Å²) in [5, 5.41) is 0. The summed E-state index contributed by atoms with van der Waals surface area (Å²) in [7, 11) is 0. The molecule has 0 heterocycles. The van der Waals surface area contributed by atoms with Gasteiger partial charge in [0, 0.05) is 4.47 Å². The number of carbonyl (C=O) groups excluding carboxylic acids is 1. The van der Waals surface area contributed by atoms with Crippen LogP contribution in [0.3, 0.4) is 0 Å². The third-order valence-electron chi connectivity index (χ3n) is 2.69. The van der Waals surface area contributed by atoms with Gasteiger partial charge in [-0.3, -0.25) is 0 Å². The van der Waals surface area contributed by atoms with Crippen molar-refractivity contribution in [3.8, 4) is 16.9 Å². The van der Waals surface area contributed by atoms with Crippen LogP contribution in [0.5, 0.6) is 5.75 Å². The fourth-order valence-electron chi connectivity index (χ4n) is 1.78. The zero-order valence-electron chi connectivity index (χ0n) is 11.1. The average molecular weight is 335 g/mol. The van der Waals surface area contributed by atoms with E-state index in [2.05, 4.69) is 15.9 Å². The number of benzene rings is 2. The van der Waals surface area contributed by atoms with Gasteiger partial charge in [-0.25, -0.2) is 4.79 Å². The Kier molecular flexibility index (Phi) is 5.18. The Labute approximate surface area is 126 Å². The summed E-state index contributed by atoms with van der Waals surface area (Å²) in [4.78, 5) is 11.2. The zero-order chi connectivity index (χ0) is 14.4. The fraction of sp³-hybridized carbons (Fsp3) is 0.188. The molecule has 0 aliphatic carbocycles. The van der Waals surface area contributed by atoms with Crippen molar-refractivity contribution in [1.82, 2.24) is 0 Å². The second-order valence-corrected chi connectivity index (χ2v) is 4.96. The van der Waals surface area contributed by atoms with Crippen molar-refractivity contribution < 1.29 is 14.3 Å². The Morgan fingerprint density at radius 1 is 1.15 bits per heavy atom. The van der Waals surface area contributed by atoms with Crippen LogP contribution in [-0.4, -0.2) is 19.2 Å². The van der Waals surface area contributed by atoms with Crippen molar-refractivity contribution in [2.45, 2.75) is 6.92 Å². The lowest BCUT2D eigenvalue weighted by Crippen LogP contribution is -2.14. The first-order chi connectivity index (χ1) is 9.70. The van der Waals surface area contributed by atoms with Crippen LogP contribution in [0.25, 0.3) is 11.1 Å². The van der Waals surface area contributed by atoms with Gasteiger partial charge in [0.1, 0.15) is 5.75 Å². The molecule has 4 heteroatoms. The van der Waals surface area contributed by atoms with Crippen LogP contribution in [0.1, 0.15) is 6.92 Å². The van der Waals surface area contributed by atoms with Gasteiger partial charge in [0.2, 0.25) is 0 Å². The second kappa shape index (κ2) is 7.10. The van der Waals surface area contributed by atoms with Crippen LogP contribution in [-0.2, 0) is 9.53 Å². The first-order valence-corrected chi connectivity index (χ1v) is 7.13. The van der Waals surface area contributed by atoms with Crippen molar-refractivity contribution in [3.05, 3.63) is 53.0 Å². The average Bonchev–Trinajstić information content (AvgIpc) is 2.46. The summed E-state index contributed by atoms with van der Waals surface area (Å²) in [6.45, 7) is 2.05. The molecule has 0 amide bonds. The predicted molar refractivity (Wildman–Crippen MR) is 81.7 cm³/mol. The van der Waals surface area contributed by atoms with E-state index < -0.39 is 0 Å². The Morgan fingerprint density at radius 3 is 2.55 bits per heavy atom. The van der Waals surface area contributed by atoms with Crippen molar-refractivity contribution >= 4 is 21.9 Å². The molecule has 0 aromatic heterocycles. The number of rotatable bonds is 5. The lowest BCUT2D eigenvalue weighted by Gasteiger charge is -2.09. The molecular formula is C16H15BrO3. The van der Waals surface area contributed by atoms with E-state index in [1.165, 1.54) is 0 Å². The molecule has 2 aromatic carbocycles. The van der Waals surface area contributed by atoms with Crippen LogP contribution < -0.4 is 4.74 Å². The van der Waals surface area contributed by atoms with Crippen molar-refractivity contribution in [3.63, 3.8) is 0 Å². The summed E-state index contributed by atoms with van der Waals surface area (Å²) < 4.78 is 11.1. The molecular weight excluding hydrogens is 320 g/mol. The fourth-order valence-corrected chi connectivity index (χ4v) is 2.37. The maximum atomic E-state index is 11.2. The Morgan fingerprint density at radius 2 is 1.90 bits per heavy atom. The molecule has 0 fully saturated rings. The predicted octanol–water partition coefficient (Wildman–Crippen LogP) is 4.06. The Bertz CT molecular complexity index is 582. The second-order valence-electron chi connectivity index (χ2n) is 4.10. The van der Waals surface area contributed by atoms with Crippen LogP contribution in [0.4, 0.5) is 0 Å². The molecule has 0 aliphatic heterocycles. The van der Waals surface area contributed by atoms with Crippen LogP contribution >= 0.6 is 15.9 Å². The highest BCUT2D eigenvalue weighted by molar-refractivity contribution is 9.10. The molecule has 104 valence electrons. The van der Waals surface area contributed by atoms with E-state index in [1.807, 2.05) is 48.5 Å². The topological polar surface area (TPSA) is 35.5 Å². The van der Waals surface area contributed by atoms with E-state index in [1.54, 1.807) is 6.92 Å². The lowest BCUT2D eigenvalue weighted by atomic mass is 10.1. The van der Waals surface area contributed by atoms with Crippen molar-refractivity contribution in [1.29, 1.82) is 0 Å². The number of ether oxygens (including phenoxy) is 2. The first kappa shape index (κ1) is 14.6. The lowest BCUT2D eigenvalue weighted by molar-refractivity contribution is -0.145.